The van der Waals surface area contributed by atoms with Gasteiger partial charge in [0.1, 0.15) is 11.3 Å². The van der Waals surface area contributed by atoms with E-state index in [0.29, 0.717) is 38.0 Å². The molecule has 9 heteroatoms. The van der Waals surface area contributed by atoms with Crippen molar-refractivity contribution in [2.24, 2.45) is 5.92 Å². The zero-order valence-electron chi connectivity index (χ0n) is 15.6. The average molecular weight is 398 g/mol. The van der Waals surface area contributed by atoms with Crippen molar-refractivity contribution >= 4 is 27.6 Å². The fourth-order valence-electron chi connectivity index (χ4n) is 3.04. The lowest BCUT2D eigenvalue weighted by Gasteiger charge is -2.30. The molecule has 1 aromatic rings. The molecule has 0 saturated carbocycles. The number of hydrogen-bond donors (Lipinski definition) is 2. The second-order valence-corrected chi connectivity index (χ2v) is 8.64. The number of nitrogens with one attached hydrogen (secondary N) is 1. The largest absolute Gasteiger partial charge is 0.496 e. The first-order chi connectivity index (χ1) is 12.8. The highest BCUT2D eigenvalue weighted by molar-refractivity contribution is 7.89. The molecule has 1 aliphatic heterocycles. The number of hydrogen-bond acceptors (Lipinski definition) is 5. The van der Waals surface area contributed by atoms with Crippen molar-refractivity contribution in [2.75, 3.05) is 31.3 Å². The second-order valence-electron chi connectivity index (χ2n) is 6.55. The zero-order valence-corrected chi connectivity index (χ0v) is 16.4. The molecule has 2 N–H and O–H groups in total. The standard InChI is InChI=1S/C18H26N2O6S/c1-3-4-11-27(24,25)20-9-7-13(8-10-20)17(21)19-14-5-6-15(18(22)23)16(12-14)26-2/h5-6,12-13H,3-4,7-11H2,1-2H3,(H,19,21)(H,22,23). The molecule has 8 nitrogen and oxygen atoms in total. The minimum Gasteiger partial charge on any atom is -0.496 e. The molecular weight excluding hydrogens is 372 g/mol. The minimum absolute atomic E-state index is 0.0149. The maximum absolute atomic E-state index is 12.5. The summed E-state index contributed by atoms with van der Waals surface area (Å²) in [6, 6.07) is 4.35. The first kappa shape index (κ1) is 21.2. The molecule has 1 saturated heterocycles. The number of sulfonamides is 1. The van der Waals surface area contributed by atoms with Gasteiger partial charge in [-0.25, -0.2) is 17.5 Å². The van der Waals surface area contributed by atoms with Crippen molar-refractivity contribution in [2.45, 2.75) is 32.6 Å². The van der Waals surface area contributed by atoms with Gasteiger partial charge in [-0.15, -0.1) is 0 Å². The molecular formula is C18H26N2O6S. The molecule has 2 rings (SSSR count). The Morgan fingerprint density at radius 3 is 2.52 bits per heavy atom. The highest BCUT2D eigenvalue weighted by Gasteiger charge is 2.30. The van der Waals surface area contributed by atoms with Crippen LogP contribution in [0.25, 0.3) is 0 Å². The van der Waals surface area contributed by atoms with E-state index in [-0.39, 0.29) is 28.9 Å². The van der Waals surface area contributed by atoms with Gasteiger partial charge in [0.15, 0.2) is 0 Å². The van der Waals surface area contributed by atoms with Gasteiger partial charge in [0.2, 0.25) is 15.9 Å². The number of nitrogens with zero attached hydrogens (tertiary/aromatic N) is 1. The average Bonchev–Trinajstić information content (AvgIpc) is 2.66. The number of piperidine rings is 1. The number of methoxy groups -OCH3 is 1. The molecule has 27 heavy (non-hydrogen) atoms. The summed E-state index contributed by atoms with van der Waals surface area (Å²) < 4.78 is 31.0. The molecule has 1 heterocycles. The van der Waals surface area contributed by atoms with Crippen molar-refractivity contribution < 1.29 is 27.9 Å². The number of aromatic carboxylic acids is 1. The summed E-state index contributed by atoms with van der Waals surface area (Å²) in [6.45, 7) is 2.63. The van der Waals surface area contributed by atoms with Crippen LogP contribution >= 0.6 is 0 Å². The highest BCUT2D eigenvalue weighted by Crippen LogP contribution is 2.26. The summed E-state index contributed by atoms with van der Waals surface area (Å²) in [5.41, 5.74) is 0.459. The van der Waals surface area contributed by atoms with Crippen LogP contribution in [0.2, 0.25) is 0 Å². The van der Waals surface area contributed by atoms with Crippen LogP contribution in [0.4, 0.5) is 5.69 Å². The Morgan fingerprint density at radius 2 is 1.96 bits per heavy atom. The van der Waals surface area contributed by atoms with E-state index in [0.717, 1.165) is 6.42 Å². The normalized spacial score (nSPS) is 16.1. The Kier molecular flexibility index (Phi) is 7.20. The first-order valence-electron chi connectivity index (χ1n) is 8.98. The van der Waals surface area contributed by atoms with E-state index < -0.39 is 16.0 Å². The molecule has 1 fully saturated rings. The van der Waals surface area contributed by atoms with Crippen molar-refractivity contribution in [3.05, 3.63) is 23.8 Å². The van der Waals surface area contributed by atoms with E-state index in [1.807, 2.05) is 6.92 Å². The highest BCUT2D eigenvalue weighted by atomic mass is 32.2. The number of carboxylic acids is 1. The molecule has 0 radical (unpaired) electrons. The quantitative estimate of drug-likeness (QED) is 0.694. The van der Waals surface area contributed by atoms with Gasteiger partial charge in [0, 0.05) is 30.8 Å². The van der Waals surface area contributed by atoms with Gasteiger partial charge in [-0.2, -0.15) is 0 Å². The number of anilines is 1. The number of carbonyl (C=O) groups excluding carboxylic acids is 1. The van der Waals surface area contributed by atoms with E-state index in [2.05, 4.69) is 5.32 Å². The number of benzene rings is 1. The predicted molar refractivity (Wildman–Crippen MR) is 102 cm³/mol. The van der Waals surface area contributed by atoms with Gasteiger partial charge in [-0.1, -0.05) is 13.3 Å². The van der Waals surface area contributed by atoms with Crippen molar-refractivity contribution in [3.8, 4) is 5.75 Å². The predicted octanol–water partition coefficient (Wildman–Crippen LogP) is 2.17. The number of rotatable bonds is 8. The molecule has 0 aliphatic carbocycles. The Labute approximate surface area is 159 Å². The lowest BCUT2D eigenvalue weighted by atomic mass is 9.97. The Morgan fingerprint density at radius 1 is 1.30 bits per heavy atom. The minimum atomic E-state index is -3.25. The summed E-state index contributed by atoms with van der Waals surface area (Å²) >= 11 is 0. The monoisotopic (exact) mass is 398 g/mol. The SMILES string of the molecule is CCCCS(=O)(=O)N1CCC(C(=O)Nc2ccc(C(=O)O)c(OC)c2)CC1. The van der Waals surface area contributed by atoms with Gasteiger partial charge >= 0.3 is 5.97 Å². The summed E-state index contributed by atoms with van der Waals surface area (Å²) in [7, 11) is -1.88. The number of unbranched alkanes of at least 4 members (excludes halogenated alkanes) is 1. The number of amides is 1. The van der Waals surface area contributed by atoms with Crippen LogP contribution in [0.1, 0.15) is 43.0 Å². The fraction of sp³-hybridized carbons (Fsp3) is 0.556. The molecule has 1 aromatic carbocycles. The lowest BCUT2D eigenvalue weighted by molar-refractivity contribution is -0.120. The maximum Gasteiger partial charge on any atom is 0.339 e. The first-order valence-corrected chi connectivity index (χ1v) is 10.6. The van der Waals surface area contributed by atoms with E-state index in [4.69, 9.17) is 9.84 Å². The summed E-state index contributed by atoms with van der Waals surface area (Å²) in [6.07, 6.45) is 2.38. The third kappa shape index (κ3) is 5.43. The molecule has 1 aliphatic rings. The molecule has 150 valence electrons. The van der Waals surface area contributed by atoms with Crippen LogP contribution in [-0.4, -0.2) is 55.7 Å². The third-order valence-electron chi connectivity index (χ3n) is 4.67. The molecule has 0 aromatic heterocycles. The zero-order chi connectivity index (χ0) is 20.0. The Balaban J connectivity index is 1.96. The number of carbonyl (C=O) groups is 2. The van der Waals surface area contributed by atoms with Crippen LogP contribution in [-0.2, 0) is 14.8 Å². The second kappa shape index (κ2) is 9.18. The third-order valence-corrected chi connectivity index (χ3v) is 6.63. The summed E-state index contributed by atoms with van der Waals surface area (Å²) in [5, 5.41) is 11.9. The van der Waals surface area contributed by atoms with Gasteiger partial charge in [-0.3, -0.25) is 4.79 Å². The van der Waals surface area contributed by atoms with Crippen molar-refractivity contribution in [1.29, 1.82) is 0 Å². The van der Waals surface area contributed by atoms with Crippen LogP contribution < -0.4 is 10.1 Å². The van der Waals surface area contributed by atoms with Crippen LogP contribution in [0.15, 0.2) is 18.2 Å². The van der Waals surface area contributed by atoms with Gasteiger partial charge < -0.3 is 15.2 Å². The summed E-state index contributed by atoms with van der Waals surface area (Å²) in [5.74, 6) is -1.28. The molecule has 0 unspecified atom stereocenters. The van der Waals surface area contributed by atoms with Crippen LogP contribution in [0, 0.1) is 5.92 Å². The van der Waals surface area contributed by atoms with E-state index in [1.54, 1.807) is 0 Å². The van der Waals surface area contributed by atoms with E-state index in [1.165, 1.54) is 29.6 Å². The van der Waals surface area contributed by atoms with Crippen LogP contribution in [0.5, 0.6) is 5.75 Å². The smallest absolute Gasteiger partial charge is 0.339 e. The Hall–Kier alpha value is -2.13. The molecule has 0 spiro atoms. The van der Waals surface area contributed by atoms with Crippen molar-refractivity contribution in [3.63, 3.8) is 0 Å². The number of carboxylic acid groups (broad SMARTS) is 1. The van der Waals surface area contributed by atoms with E-state index >= 15 is 0 Å². The summed E-state index contributed by atoms with van der Waals surface area (Å²) in [4.78, 5) is 23.6. The maximum atomic E-state index is 12.5. The van der Waals surface area contributed by atoms with Gasteiger partial charge in [0.25, 0.3) is 0 Å². The number of ether oxygens (including phenoxy) is 1. The topological polar surface area (TPSA) is 113 Å². The molecule has 0 atom stereocenters. The fourth-order valence-corrected chi connectivity index (χ4v) is 4.72. The van der Waals surface area contributed by atoms with Gasteiger partial charge in [0.05, 0.1) is 12.9 Å². The van der Waals surface area contributed by atoms with Crippen molar-refractivity contribution in [1.82, 2.24) is 4.31 Å². The van der Waals surface area contributed by atoms with Gasteiger partial charge in [-0.05, 0) is 31.4 Å². The molecule has 1 amide bonds. The lowest BCUT2D eigenvalue weighted by Crippen LogP contribution is -2.42. The Bertz CT molecular complexity index is 785. The van der Waals surface area contributed by atoms with Crippen LogP contribution in [0.3, 0.4) is 0 Å². The van der Waals surface area contributed by atoms with E-state index in [9.17, 15) is 18.0 Å². The molecule has 0 bridgehead atoms.